The maximum Gasteiger partial charge on any atom is 0.364 e. The minimum Gasteiger partial charge on any atom is -0.477 e. The summed E-state index contributed by atoms with van der Waals surface area (Å²) < 4.78 is 14.7. The van der Waals surface area contributed by atoms with Crippen LogP contribution in [0.5, 0.6) is 0 Å². The lowest BCUT2D eigenvalue weighted by Crippen LogP contribution is -2.67. The summed E-state index contributed by atoms with van der Waals surface area (Å²) in [6.07, 6.45) is -6.96. The Hall–Kier alpha value is -1.79. The molecular formula is C14H23NO10. The van der Waals surface area contributed by atoms with E-state index in [2.05, 4.69) is 10.1 Å². The van der Waals surface area contributed by atoms with E-state index in [1.807, 2.05) is 0 Å². The standard InChI is InChI=1S/C14H23NO10/c1-6(16)15-10-8(18)4-14(23-3,13(21)22)25-12(10)11(20)9(19)5-24-7(2)17/h8-12,18-20H,4-5H2,1-3H3,(H,15,16)(H,21,22)/t8-,9-,10-,11-,12-,14+/m1/s1. The Morgan fingerprint density at radius 2 is 1.92 bits per heavy atom. The van der Waals surface area contributed by atoms with E-state index in [1.54, 1.807) is 0 Å². The first-order valence-corrected chi connectivity index (χ1v) is 7.45. The van der Waals surface area contributed by atoms with Gasteiger partial charge in [-0.05, 0) is 0 Å². The quantitative estimate of drug-likeness (QED) is 0.300. The Morgan fingerprint density at radius 1 is 1.32 bits per heavy atom. The summed E-state index contributed by atoms with van der Waals surface area (Å²) in [5, 5.41) is 42.1. The molecule has 25 heavy (non-hydrogen) atoms. The van der Waals surface area contributed by atoms with Crippen molar-refractivity contribution in [3.05, 3.63) is 0 Å². The third-order valence-corrected chi connectivity index (χ3v) is 3.79. The molecule has 1 aliphatic rings. The van der Waals surface area contributed by atoms with Crippen LogP contribution in [-0.2, 0) is 28.6 Å². The van der Waals surface area contributed by atoms with Crippen molar-refractivity contribution in [2.45, 2.75) is 56.5 Å². The average Bonchev–Trinajstić information content (AvgIpc) is 2.52. The zero-order chi connectivity index (χ0) is 19.4. The number of hydrogen-bond donors (Lipinski definition) is 5. The van der Waals surface area contributed by atoms with Gasteiger partial charge in [0, 0.05) is 27.4 Å². The second-order valence-electron chi connectivity index (χ2n) is 5.70. The predicted octanol–water partition coefficient (Wildman–Crippen LogP) is -2.65. The lowest BCUT2D eigenvalue weighted by atomic mass is 9.88. The van der Waals surface area contributed by atoms with Crippen LogP contribution in [-0.4, -0.2) is 88.2 Å². The Balaban J connectivity index is 3.09. The van der Waals surface area contributed by atoms with Crippen molar-refractivity contribution < 1.29 is 49.0 Å². The van der Waals surface area contributed by atoms with E-state index >= 15 is 0 Å². The fourth-order valence-corrected chi connectivity index (χ4v) is 2.53. The zero-order valence-corrected chi connectivity index (χ0v) is 14.0. The molecule has 0 aromatic rings. The van der Waals surface area contributed by atoms with Crippen LogP contribution in [0, 0.1) is 0 Å². The van der Waals surface area contributed by atoms with Gasteiger partial charge in [0.05, 0.1) is 12.1 Å². The first-order valence-electron chi connectivity index (χ1n) is 7.45. The summed E-state index contributed by atoms with van der Waals surface area (Å²) in [6.45, 7) is 1.66. The molecule has 1 fully saturated rings. The van der Waals surface area contributed by atoms with Crippen LogP contribution in [0.2, 0.25) is 0 Å². The highest BCUT2D eigenvalue weighted by Gasteiger charge is 2.55. The highest BCUT2D eigenvalue weighted by Crippen LogP contribution is 2.33. The largest absolute Gasteiger partial charge is 0.477 e. The fourth-order valence-electron chi connectivity index (χ4n) is 2.53. The first-order chi connectivity index (χ1) is 11.5. The summed E-state index contributed by atoms with van der Waals surface area (Å²) in [4.78, 5) is 33.6. The Bertz CT molecular complexity index is 512. The fraction of sp³-hybridized carbons (Fsp3) is 0.786. The van der Waals surface area contributed by atoms with Crippen LogP contribution in [0.15, 0.2) is 0 Å². The van der Waals surface area contributed by atoms with E-state index in [4.69, 9.17) is 9.47 Å². The second kappa shape index (κ2) is 8.54. The van der Waals surface area contributed by atoms with Crippen molar-refractivity contribution in [2.24, 2.45) is 0 Å². The zero-order valence-electron chi connectivity index (χ0n) is 14.0. The molecule has 0 radical (unpaired) electrons. The number of aliphatic hydroxyl groups excluding tert-OH is 3. The molecule has 5 N–H and O–H groups in total. The number of rotatable bonds is 7. The van der Waals surface area contributed by atoms with E-state index in [9.17, 15) is 34.8 Å². The molecule has 0 bridgehead atoms. The van der Waals surface area contributed by atoms with Gasteiger partial charge in [-0.25, -0.2) is 4.79 Å². The van der Waals surface area contributed by atoms with Crippen LogP contribution in [0.25, 0.3) is 0 Å². The molecule has 144 valence electrons. The van der Waals surface area contributed by atoms with Gasteiger partial charge in [-0.15, -0.1) is 0 Å². The van der Waals surface area contributed by atoms with Gasteiger partial charge in [-0.3, -0.25) is 9.59 Å². The minimum absolute atomic E-state index is 0.521. The molecule has 0 aliphatic carbocycles. The second-order valence-corrected chi connectivity index (χ2v) is 5.70. The SMILES string of the molecule is CO[C@@]1(C(=O)O)C[C@@H](O)[C@@H](NC(C)=O)[C@H]([C@H](O)[C@H](O)COC(C)=O)O1. The number of esters is 1. The van der Waals surface area contributed by atoms with E-state index in [0.717, 1.165) is 21.0 Å². The van der Waals surface area contributed by atoms with Gasteiger partial charge in [-0.1, -0.05) is 0 Å². The maximum atomic E-state index is 11.5. The molecule has 0 unspecified atom stereocenters. The van der Waals surface area contributed by atoms with Gasteiger partial charge in [0.25, 0.3) is 5.79 Å². The predicted molar refractivity (Wildman–Crippen MR) is 79.1 cm³/mol. The molecule has 0 saturated carbocycles. The number of aliphatic carboxylic acids is 1. The number of carboxylic acid groups (broad SMARTS) is 1. The van der Waals surface area contributed by atoms with Crippen molar-refractivity contribution in [1.82, 2.24) is 5.32 Å². The van der Waals surface area contributed by atoms with Gasteiger partial charge >= 0.3 is 11.9 Å². The van der Waals surface area contributed by atoms with Crippen LogP contribution in [0.3, 0.4) is 0 Å². The van der Waals surface area contributed by atoms with Gasteiger partial charge in [0.2, 0.25) is 5.91 Å². The molecule has 6 atom stereocenters. The monoisotopic (exact) mass is 365 g/mol. The van der Waals surface area contributed by atoms with E-state index in [-0.39, 0.29) is 0 Å². The van der Waals surface area contributed by atoms with E-state index in [1.165, 1.54) is 0 Å². The highest BCUT2D eigenvalue weighted by molar-refractivity contribution is 5.76. The maximum absolute atomic E-state index is 11.5. The van der Waals surface area contributed by atoms with Crippen molar-refractivity contribution in [3.8, 4) is 0 Å². The van der Waals surface area contributed by atoms with Crippen molar-refractivity contribution in [1.29, 1.82) is 0 Å². The van der Waals surface area contributed by atoms with Gasteiger partial charge in [0.15, 0.2) is 0 Å². The molecule has 0 spiro atoms. The molecule has 11 nitrogen and oxygen atoms in total. The Morgan fingerprint density at radius 3 is 2.36 bits per heavy atom. The third-order valence-electron chi connectivity index (χ3n) is 3.79. The summed E-state index contributed by atoms with van der Waals surface area (Å²) in [6, 6.07) is -1.22. The van der Waals surface area contributed by atoms with Gasteiger partial charge in [-0.2, -0.15) is 0 Å². The van der Waals surface area contributed by atoms with Crippen LogP contribution >= 0.6 is 0 Å². The lowest BCUT2D eigenvalue weighted by Gasteiger charge is -2.46. The smallest absolute Gasteiger partial charge is 0.364 e. The summed E-state index contributed by atoms with van der Waals surface area (Å²) in [5.41, 5.74) is 0. The van der Waals surface area contributed by atoms with Crippen molar-refractivity contribution >= 4 is 17.8 Å². The number of carbonyl (C=O) groups is 3. The van der Waals surface area contributed by atoms with E-state index < -0.39 is 67.1 Å². The third kappa shape index (κ3) is 5.09. The Kier molecular flexibility index (Phi) is 7.26. The molecule has 1 rings (SSSR count). The number of amides is 1. The number of hydrogen-bond acceptors (Lipinski definition) is 9. The normalized spacial score (nSPS) is 31.7. The van der Waals surface area contributed by atoms with E-state index in [0.29, 0.717) is 0 Å². The van der Waals surface area contributed by atoms with Crippen molar-refractivity contribution in [3.63, 3.8) is 0 Å². The number of aliphatic hydroxyl groups is 3. The highest BCUT2D eigenvalue weighted by atomic mass is 16.7. The molecule has 0 aromatic heterocycles. The van der Waals surface area contributed by atoms with Crippen LogP contribution < -0.4 is 5.32 Å². The lowest BCUT2D eigenvalue weighted by molar-refractivity contribution is -0.303. The molecule has 1 saturated heterocycles. The number of methoxy groups -OCH3 is 1. The summed E-state index contributed by atoms with van der Waals surface area (Å²) in [5.74, 6) is -5.10. The number of nitrogens with one attached hydrogen (secondary N) is 1. The molecule has 1 amide bonds. The Labute approximate surface area is 143 Å². The summed E-state index contributed by atoms with van der Waals surface area (Å²) in [7, 11) is 1.04. The average molecular weight is 365 g/mol. The number of carbonyl (C=O) groups excluding carboxylic acids is 2. The van der Waals surface area contributed by atoms with Crippen LogP contribution in [0.4, 0.5) is 0 Å². The van der Waals surface area contributed by atoms with Crippen LogP contribution in [0.1, 0.15) is 20.3 Å². The van der Waals surface area contributed by atoms with Gasteiger partial charge in [0.1, 0.15) is 24.9 Å². The summed E-state index contributed by atoms with van der Waals surface area (Å²) >= 11 is 0. The molecule has 1 aliphatic heterocycles. The molecule has 0 aromatic carbocycles. The van der Waals surface area contributed by atoms with Gasteiger partial charge < -0.3 is 40.0 Å². The topological polar surface area (TPSA) is 172 Å². The van der Waals surface area contributed by atoms with Crippen molar-refractivity contribution in [2.75, 3.05) is 13.7 Å². The minimum atomic E-state index is -2.28. The number of carboxylic acids is 1. The first kappa shape index (κ1) is 21.3. The molecule has 11 heteroatoms. The molecule has 1 heterocycles. The number of ether oxygens (including phenoxy) is 3. The molecular weight excluding hydrogens is 342 g/mol.